The van der Waals surface area contributed by atoms with Crippen LogP contribution in [0.4, 0.5) is 5.13 Å². The smallest absolute Gasteiger partial charge is 0.258 e. The standard InChI is InChI=1S/C20H19N5O2S/c1-10-17-13(9-15(11-4-5-11)21-18(17)25(2)24-10)19(26)23-20-22-14-7-6-12(27-3)8-16(14)28-20/h6-9,11H,4-5H2,1-3H3,(H,22,23,26). The molecule has 1 amide bonds. The van der Waals surface area contributed by atoms with Crippen LogP contribution in [0.25, 0.3) is 21.3 Å². The van der Waals surface area contributed by atoms with Gasteiger partial charge in [0.05, 0.1) is 34.0 Å². The van der Waals surface area contributed by atoms with Crippen LogP contribution in [0.15, 0.2) is 24.3 Å². The molecule has 1 fully saturated rings. The highest BCUT2D eigenvalue weighted by molar-refractivity contribution is 7.22. The van der Waals surface area contributed by atoms with Crippen LogP contribution >= 0.6 is 11.3 Å². The van der Waals surface area contributed by atoms with Crippen molar-refractivity contribution in [1.29, 1.82) is 0 Å². The number of thiazole rings is 1. The van der Waals surface area contributed by atoms with Gasteiger partial charge in [0.25, 0.3) is 5.91 Å². The van der Waals surface area contributed by atoms with E-state index in [2.05, 4.69) is 15.4 Å². The zero-order valence-electron chi connectivity index (χ0n) is 15.8. The van der Waals surface area contributed by atoms with E-state index in [1.807, 2.05) is 38.2 Å². The zero-order valence-corrected chi connectivity index (χ0v) is 16.6. The predicted octanol–water partition coefficient (Wildman–Crippen LogP) is 4.02. The number of nitrogens with zero attached hydrogens (tertiary/aromatic N) is 4. The second-order valence-corrected chi connectivity index (χ2v) is 8.11. The third-order valence-corrected chi connectivity index (χ3v) is 5.98. The highest BCUT2D eigenvalue weighted by atomic mass is 32.1. The van der Waals surface area contributed by atoms with Crippen molar-refractivity contribution in [2.75, 3.05) is 12.4 Å². The topological polar surface area (TPSA) is 81.9 Å². The van der Waals surface area contributed by atoms with Crippen LogP contribution in [0.3, 0.4) is 0 Å². The average Bonchev–Trinajstić information content (AvgIpc) is 3.40. The van der Waals surface area contributed by atoms with E-state index in [4.69, 9.17) is 9.72 Å². The Balaban J connectivity index is 1.55. The van der Waals surface area contributed by atoms with E-state index in [9.17, 15) is 4.79 Å². The van der Waals surface area contributed by atoms with Crippen molar-refractivity contribution in [1.82, 2.24) is 19.7 Å². The van der Waals surface area contributed by atoms with Gasteiger partial charge in [-0.2, -0.15) is 5.10 Å². The lowest BCUT2D eigenvalue weighted by atomic mass is 10.1. The third-order valence-electron chi connectivity index (χ3n) is 5.04. The normalized spacial score (nSPS) is 14.0. The first-order valence-electron chi connectivity index (χ1n) is 9.13. The van der Waals surface area contributed by atoms with Gasteiger partial charge < -0.3 is 4.74 Å². The quantitative estimate of drug-likeness (QED) is 0.566. The molecule has 3 heterocycles. The van der Waals surface area contributed by atoms with Crippen LogP contribution in [0, 0.1) is 6.92 Å². The molecule has 1 aliphatic carbocycles. The maximum atomic E-state index is 13.2. The molecule has 0 atom stereocenters. The summed E-state index contributed by atoms with van der Waals surface area (Å²) >= 11 is 1.43. The van der Waals surface area contributed by atoms with Crippen molar-refractivity contribution < 1.29 is 9.53 Å². The average molecular weight is 393 g/mol. The fourth-order valence-corrected chi connectivity index (χ4v) is 4.37. The number of hydrogen-bond acceptors (Lipinski definition) is 6. The highest BCUT2D eigenvalue weighted by Crippen LogP contribution is 2.40. The molecule has 0 aliphatic heterocycles. The van der Waals surface area contributed by atoms with Gasteiger partial charge in [0.15, 0.2) is 10.8 Å². The Kier molecular flexibility index (Phi) is 3.83. The predicted molar refractivity (Wildman–Crippen MR) is 109 cm³/mol. The van der Waals surface area contributed by atoms with Crippen molar-refractivity contribution in [2.24, 2.45) is 7.05 Å². The van der Waals surface area contributed by atoms with Gasteiger partial charge in [-0.3, -0.25) is 14.8 Å². The molecule has 1 aromatic carbocycles. The lowest BCUT2D eigenvalue weighted by Gasteiger charge is -2.07. The van der Waals surface area contributed by atoms with Gasteiger partial charge in [0.2, 0.25) is 0 Å². The number of benzene rings is 1. The number of aromatic nitrogens is 4. The van der Waals surface area contributed by atoms with Crippen molar-refractivity contribution in [3.05, 3.63) is 41.2 Å². The van der Waals surface area contributed by atoms with Gasteiger partial charge in [-0.25, -0.2) is 9.97 Å². The number of pyridine rings is 1. The Morgan fingerprint density at radius 3 is 2.86 bits per heavy atom. The van der Waals surface area contributed by atoms with Crippen molar-refractivity contribution in [3.63, 3.8) is 0 Å². The summed E-state index contributed by atoms with van der Waals surface area (Å²) in [6.45, 7) is 1.90. The molecule has 8 heteroatoms. The number of hydrogen-bond donors (Lipinski definition) is 1. The minimum absolute atomic E-state index is 0.184. The van der Waals surface area contributed by atoms with E-state index < -0.39 is 0 Å². The number of anilines is 1. The highest BCUT2D eigenvalue weighted by Gasteiger charge is 2.28. The van der Waals surface area contributed by atoms with Crippen LogP contribution in [0.2, 0.25) is 0 Å². The van der Waals surface area contributed by atoms with Gasteiger partial charge in [-0.15, -0.1) is 0 Å². The van der Waals surface area contributed by atoms with E-state index in [1.165, 1.54) is 11.3 Å². The Bertz CT molecular complexity index is 1240. The van der Waals surface area contributed by atoms with Gasteiger partial charge in [0.1, 0.15) is 5.75 Å². The molecule has 1 N–H and O–H groups in total. The molecule has 3 aromatic heterocycles. The van der Waals surface area contributed by atoms with E-state index in [1.54, 1.807) is 11.8 Å². The SMILES string of the molecule is COc1ccc2nc(NC(=O)c3cc(C4CC4)nc4c3c(C)nn4C)sc2c1. The van der Waals surface area contributed by atoms with Crippen LogP contribution in [-0.4, -0.2) is 32.8 Å². The molecule has 1 aliphatic rings. The molecule has 0 spiro atoms. The summed E-state index contributed by atoms with van der Waals surface area (Å²) in [6.07, 6.45) is 2.24. The molecule has 142 valence electrons. The molecule has 0 unspecified atom stereocenters. The van der Waals surface area contributed by atoms with E-state index >= 15 is 0 Å². The lowest BCUT2D eigenvalue weighted by molar-refractivity contribution is 0.102. The molecular formula is C20H19N5O2S. The maximum Gasteiger partial charge on any atom is 0.258 e. The lowest BCUT2D eigenvalue weighted by Crippen LogP contribution is -2.13. The molecular weight excluding hydrogens is 374 g/mol. The number of carbonyl (C=O) groups excluding carboxylic acids is 1. The molecule has 0 bridgehead atoms. The summed E-state index contributed by atoms with van der Waals surface area (Å²) in [5.74, 6) is 1.03. The minimum Gasteiger partial charge on any atom is -0.497 e. The van der Waals surface area contributed by atoms with Crippen LogP contribution in [0.1, 0.15) is 40.5 Å². The molecule has 4 aromatic rings. The largest absolute Gasteiger partial charge is 0.497 e. The Morgan fingerprint density at radius 1 is 1.29 bits per heavy atom. The Morgan fingerprint density at radius 2 is 2.11 bits per heavy atom. The van der Waals surface area contributed by atoms with Gasteiger partial charge in [0, 0.05) is 18.7 Å². The van der Waals surface area contributed by atoms with E-state index in [0.29, 0.717) is 16.6 Å². The number of fused-ring (bicyclic) bond motifs is 2. The second kappa shape index (κ2) is 6.27. The molecule has 28 heavy (non-hydrogen) atoms. The summed E-state index contributed by atoms with van der Waals surface area (Å²) in [5.41, 5.74) is 3.95. The number of amides is 1. The first-order valence-corrected chi connectivity index (χ1v) is 9.95. The van der Waals surface area contributed by atoms with Crippen LogP contribution in [-0.2, 0) is 7.05 Å². The Labute approximate surface area is 165 Å². The number of aryl methyl sites for hydroxylation is 2. The summed E-state index contributed by atoms with van der Waals surface area (Å²) in [6, 6.07) is 7.59. The summed E-state index contributed by atoms with van der Waals surface area (Å²) in [7, 11) is 3.49. The van der Waals surface area contributed by atoms with E-state index in [0.717, 1.165) is 51.2 Å². The number of ether oxygens (including phenoxy) is 1. The number of methoxy groups -OCH3 is 1. The van der Waals surface area contributed by atoms with Crippen molar-refractivity contribution in [3.8, 4) is 5.75 Å². The molecule has 5 rings (SSSR count). The van der Waals surface area contributed by atoms with Crippen LogP contribution < -0.4 is 10.1 Å². The van der Waals surface area contributed by atoms with Crippen LogP contribution in [0.5, 0.6) is 5.75 Å². The third kappa shape index (κ3) is 2.80. The molecule has 0 radical (unpaired) electrons. The maximum absolute atomic E-state index is 13.2. The number of nitrogens with one attached hydrogen (secondary N) is 1. The van der Waals surface area contributed by atoms with Crippen molar-refractivity contribution in [2.45, 2.75) is 25.7 Å². The molecule has 7 nitrogen and oxygen atoms in total. The molecule has 1 saturated carbocycles. The number of carbonyl (C=O) groups is 1. The fraction of sp³-hybridized carbons (Fsp3) is 0.300. The summed E-state index contributed by atoms with van der Waals surface area (Å²) in [4.78, 5) is 22.4. The van der Waals surface area contributed by atoms with Gasteiger partial charge >= 0.3 is 0 Å². The second-order valence-electron chi connectivity index (χ2n) is 7.08. The van der Waals surface area contributed by atoms with Gasteiger partial charge in [-0.05, 0) is 44.0 Å². The zero-order chi connectivity index (χ0) is 19.4. The van der Waals surface area contributed by atoms with E-state index in [-0.39, 0.29) is 5.91 Å². The monoisotopic (exact) mass is 393 g/mol. The number of rotatable bonds is 4. The fourth-order valence-electron chi connectivity index (χ4n) is 3.48. The summed E-state index contributed by atoms with van der Waals surface area (Å²) < 4.78 is 7.97. The summed E-state index contributed by atoms with van der Waals surface area (Å²) in [5, 5.41) is 8.79. The Hall–Kier alpha value is -3.00. The van der Waals surface area contributed by atoms with Crippen molar-refractivity contribution >= 4 is 43.6 Å². The molecule has 0 saturated heterocycles. The first kappa shape index (κ1) is 17.1. The first-order chi connectivity index (χ1) is 13.5. The minimum atomic E-state index is -0.184. The van der Waals surface area contributed by atoms with Gasteiger partial charge in [-0.1, -0.05) is 11.3 Å².